The Kier molecular flexibility index (Phi) is 4.66. The van der Waals surface area contributed by atoms with Gasteiger partial charge in [-0.1, -0.05) is 22.0 Å². The molecule has 0 saturated carbocycles. The average molecular weight is 329 g/mol. The normalized spacial score (nSPS) is 19.8. The summed E-state index contributed by atoms with van der Waals surface area (Å²) in [7, 11) is 0. The molecular formula is C12H13BrN2O2S. The molecule has 0 radical (unpaired) electrons. The first-order valence-electron chi connectivity index (χ1n) is 5.59. The van der Waals surface area contributed by atoms with Crippen LogP contribution in [0.1, 0.15) is 6.42 Å². The Morgan fingerprint density at radius 3 is 3.11 bits per heavy atom. The number of anilines is 1. The van der Waals surface area contributed by atoms with E-state index in [0.717, 1.165) is 15.9 Å². The lowest BCUT2D eigenvalue weighted by Gasteiger charge is -2.15. The maximum absolute atomic E-state index is 12.0. The summed E-state index contributed by atoms with van der Waals surface area (Å²) in [5.74, 6) is 1.16. The van der Waals surface area contributed by atoms with E-state index in [1.54, 1.807) is 11.8 Å². The second kappa shape index (κ2) is 6.24. The van der Waals surface area contributed by atoms with Gasteiger partial charge in [0.05, 0.1) is 0 Å². The highest BCUT2D eigenvalue weighted by molar-refractivity contribution is 9.10. The molecule has 4 nitrogen and oxygen atoms in total. The number of nitrogens with one attached hydrogen (secondary N) is 2. The van der Waals surface area contributed by atoms with Gasteiger partial charge in [0.1, 0.15) is 6.04 Å². The van der Waals surface area contributed by atoms with Gasteiger partial charge in [-0.05, 0) is 18.2 Å². The van der Waals surface area contributed by atoms with Crippen molar-refractivity contribution < 1.29 is 9.59 Å². The zero-order chi connectivity index (χ0) is 13.0. The zero-order valence-corrected chi connectivity index (χ0v) is 12.0. The minimum absolute atomic E-state index is 0.0607. The molecule has 2 N–H and O–H groups in total. The largest absolute Gasteiger partial charge is 0.343 e. The van der Waals surface area contributed by atoms with E-state index in [2.05, 4.69) is 26.6 Å². The van der Waals surface area contributed by atoms with Crippen LogP contribution in [0.3, 0.4) is 0 Å². The molecule has 2 amide bonds. The van der Waals surface area contributed by atoms with Crippen LogP contribution < -0.4 is 10.6 Å². The van der Waals surface area contributed by atoms with E-state index in [4.69, 9.17) is 0 Å². The lowest BCUT2D eigenvalue weighted by atomic mass is 10.2. The van der Waals surface area contributed by atoms with Crippen LogP contribution in [0.5, 0.6) is 0 Å². The predicted molar refractivity (Wildman–Crippen MR) is 76.6 cm³/mol. The first kappa shape index (κ1) is 13.4. The summed E-state index contributed by atoms with van der Waals surface area (Å²) in [5, 5.41) is 5.53. The molecule has 1 aliphatic heterocycles. The van der Waals surface area contributed by atoms with Gasteiger partial charge in [-0.15, -0.1) is 0 Å². The van der Waals surface area contributed by atoms with Gasteiger partial charge >= 0.3 is 0 Å². The van der Waals surface area contributed by atoms with Crippen LogP contribution in [-0.4, -0.2) is 29.4 Å². The third-order valence-corrected chi connectivity index (χ3v) is 4.06. The summed E-state index contributed by atoms with van der Waals surface area (Å²) in [5.41, 5.74) is 0.720. The monoisotopic (exact) mass is 328 g/mol. The van der Waals surface area contributed by atoms with Crippen LogP contribution in [0.4, 0.5) is 5.69 Å². The van der Waals surface area contributed by atoms with E-state index < -0.39 is 6.04 Å². The third-order valence-electron chi connectivity index (χ3n) is 2.50. The summed E-state index contributed by atoms with van der Waals surface area (Å²) in [6.45, 7) is 0. The molecule has 1 saturated heterocycles. The van der Waals surface area contributed by atoms with Crippen LogP contribution in [0.15, 0.2) is 28.7 Å². The fourth-order valence-corrected chi connectivity index (χ4v) is 2.98. The van der Waals surface area contributed by atoms with Gasteiger partial charge in [0.15, 0.2) is 0 Å². The van der Waals surface area contributed by atoms with E-state index in [0.29, 0.717) is 12.2 Å². The van der Waals surface area contributed by atoms with Crippen molar-refractivity contribution in [1.29, 1.82) is 0 Å². The van der Waals surface area contributed by atoms with Crippen LogP contribution >= 0.6 is 27.7 Å². The summed E-state index contributed by atoms with van der Waals surface area (Å²) >= 11 is 4.96. The van der Waals surface area contributed by atoms with Crippen molar-refractivity contribution in [1.82, 2.24) is 5.32 Å². The second-order valence-corrected chi connectivity index (χ2v) is 6.01. The number of benzene rings is 1. The molecule has 1 aromatic rings. The highest BCUT2D eigenvalue weighted by Gasteiger charge is 2.23. The quantitative estimate of drug-likeness (QED) is 0.873. The second-order valence-electron chi connectivity index (χ2n) is 3.94. The SMILES string of the molecule is O=C1CCSCC(C(=O)Nc2cccc(Br)c2)N1. The summed E-state index contributed by atoms with van der Waals surface area (Å²) in [6, 6.07) is 6.92. The highest BCUT2D eigenvalue weighted by Crippen LogP contribution is 2.17. The van der Waals surface area contributed by atoms with Gasteiger partial charge < -0.3 is 10.6 Å². The number of rotatable bonds is 2. The van der Waals surface area contributed by atoms with Crippen LogP contribution in [-0.2, 0) is 9.59 Å². The van der Waals surface area contributed by atoms with E-state index in [1.165, 1.54) is 0 Å². The van der Waals surface area contributed by atoms with Gasteiger partial charge in [-0.3, -0.25) is 9.59 Å². The van der Waals surface area contributed by atoms with Crippen molar-refractivity contribution in [3.05, 3.63) is 28.7 Å². The topological polar surface area (TPSA) is 58.2 Å². The average Bonchev–Trinajstić information content (AvgIpc) is 2.54. The van der Waals surface area contributed by atoms with Crippen LogP contribution in [0, 0.1) is 0 Å². The van der Waals surface area contributed by atoms with E-state index in [1.807, 2.05) is 24.3 Å². The van der Waals surface area contributed by atoms with Gasteiger partial charge in [-0.2, -0.15) is 11.8 Å². The Morgan fingerprint density at radius 1 is 1.50 bits per heavy atom. The Bertz CT molecular complexity index is 467. The van der Waals surface area contributed by atoms with Gasteiger partial charge in [0, 0.05) is 28.1 Å². The molecule has 18 heavy (non-hydrogen) atoms. The fraction of sp³-hybridized carbons (Fsp3) is 0.333. The van der Waals surface area contributed by atoms with E-state index >= 15 is 0 Å². The molecule has 0 aliphatic carbocycles. The number of carbonyl (C=O) groups is 2. The van der Waals surface area contributed by atoms with Crippen molar-refractivity contribution in [2.45, 2.75) is 12.5 Å². The maximum atomic E-state index is 12.0. The van der Waals surface area contributed by atoms with Crippen LogP contribution in [0.25, 0.3) is 0 Å². The Morgan fingerprint density at radius 2 is 2.33 bits per heavy atom. The van der Waals surface area contributed by atoms with Crippen molar-refractivity contribution in [2.24, 2.45) is 0 Å². The minimum Gasteiger partial charge on any atom is -0.343 e. The number of amides is 2. The smallest absolute Gasteiger partial charge is 0.247 e. The summed E-state index contributed by atoms with van der Waals surface area (Å²) < 4.78 is 0.902. The zero-order valence-electron chi connectivity index (χ0n) is 9.61. The first-order valence-corrected chi connectivity index (χ1v) is 7.53. The van der Waals surface area contributed by atoms with Crippen molar-refractivity contribution in [2.75, 3.05) is 16.8 Å². The molecule has 0 bridgehead atoms. The highest BCUT2D eigenvalue weighted by atomic mass is 79.9. The maximum Gasteiger partial charge on any atom is 0.247 e. The number of thioether (sulfide) groups is 1. The number of halogens is 1. The number of carbonyl (C=O) groups excluding carboxylic acids is 2. The minimum atomic E-state index is -0.455. The molecule has 1 atom stereocenters. The molecule has 1 aliphatic rings. The van der Waals surface area contributed by atoms with Crippen molar-refractivity contribution in [3.63, 3.8) is 0 Å². The molecule has 0 aromatic heterocycles. The first-order chi connectivity index (χ1) is 8.65. The lowest BCUT2D eigenvalue weighted by Crippen LogP contribution is -2.44. The molecule has 96 valence electrons. The molecule has 1 heterocycles. The number of hydrogen-bond acceptors (Lipinski definition) is 3. The molecular weight excluding hydrogens is 316 g/mol. The van der Waals surface area contributed by atoms with Gasteiger partial charge in [0.25, 0.3) is 0 Å². The molecule has 6 heteroatoms. The third kappa shape index (κ3) is 3.74. The van der Waals surface area contributed by atoms with Gasteiger partial charge in [0.2, 0.25) is 11.8 Å². The number of hydrogen-bond donors (Lipinski definition) is 2. The molecule has 0 spiro atoms. The Hall–Kier alpha value is -1.01. The van der Waals surface area contributed by atoms with Crippen molar-refractivity contribution in [3.8, 4) is 0 Å². The van der Waals surface area contributed by atoms with Gasteiger partial charge in [-0.25, -0.2) is 0 Å². The molecule has 1 aromatic carbocycles. The molecule has 1 fully saturated rings. The lowest BCUT2D eigenvalue weighted by molar-refractivity contribution is -0.125. The Labute approximate surface area is 118 Å². The fourth-order valence-electron chi connectivity index (χ4n) is 1.61. The standard InChI is InChI=1S/C12H13BrN2O2S/c13-8-2-1-3-9(6-8)14-12(17)10-7-18-5-4-11(16)15-10/h1-3,6,10H,4-5,7H2,(H,14,17)(H,15,16). The summed E-state index contributed by atoms with van der Waals surface area (Å²) in [4.78, 5) is 23.4. The molecule has 2 rings (SSSR count). The molecule has 1 unspecified atom stereocenters. The van der Waals surface area contributed by atoms with E-state index in [-0.39, 0.29) is 11.8 Å². The summed E-state index contributed by atoms with van der Waals surface area (Å²) in [6.07, 6.45) is 0.478. The predicted octanol–water partition coefficient (Wildman–Crippen LogP) is 2.01. The van der Waals surface area contributed by atoms with Crippen LogP contribution in [0.2, 0.25) is 0 Å². The Balaban J connectivity index is 2.00. The van der Waals surface area contributed by atoms with Crippen molar-refractivity contribution >= 4 is 45.2 Å². The van der Waals surface area contributed by atoms with E-state index in [9.17, 15) is 9.59 Å².